The molecule has 0 aliphatic carbocycles. The van der Waals surface area contributed by atoms with Crippen molar-refractivity contribution in [1.29, 1.82) is 0 Å². The normalized spacial score (nSPS) is 10.4. The van der Waals surface area contributed by atoms with Gasteiger partial charge in [0.1, 0.15) is 5.69 Å². The molecule has 0 aliphatic heterocycles. The maximum absolute atomic E-state index is 13.6. The lowest BCUT2D eigenvalue weighted by atomic mass is 10.1. The van der Waals surface area contributed by atoms with Gasteiger partial charge in [-0.05, 0) is 13.8 Å². The van der Waals surface area contributed by atoms with Crippen molar-refractivity contribution in [1.82, 2.24) is 0 Å². The molecule has 0 atom stereocenters. The van der Waals surface area contributed by atoms with Crippen LogP contribution in [0.3, 0.4) is 0 Å². The van der Waals surface area contributed by atoms with Gasteiger partial charge in [0.2, 0.25) is 0 Å². The average molecular weight is 200 g/mol. The van der Waals surface area contributed by atoms with Crippen LogP contribution in [-0.2, 0) is 0 Å². The summed E-state index contributed by atoms with van der Waals surface area (Å²) in [5, 5.41) is 0. The van der Waals surface area contributed by atoms with Crippen LogP contribution in [0.5, 0.6) is 0 Å². The zero-order chi connectivity index (χ0) is 11.0. The van der Waals surface area contributed by atoms with Crippen molar-refractivity contribution in [2.45, 2.75) is 13.8 Å². The Balaban J connectivity index is 3.60. The van der Waals surface area contributed by atoms with Crippen molar-refractivity contribution < 1.29 is 8.78 Å². The summed E-state index contributed by atoms with van der Waals surface area (Å²) in [6.45, 7) is 3.09. The Bertz CT molecular complexity index is 344. The predicted octanol–water partition coefficient (Wildman–Crippen LogP) is 2.23. The highest BCUT2D eigenvalue weighted by molar-refractivity contribution is 5.64. The number of hydrogen-bond donors (Lipinski definition) is 1. The smallest absolute Gasteiger partial charge is 0.154 e. The van der Waals surface area contributed by atoms with E-state index < -0.39 is 11.6 Å². The molecule has 1 rings (SSSR count). The summed E-state index contributed by atoms with van der Waals surface area (Å²) in [5.41, 5.74) is 6.30. The third kappa shape index (κ3) is 1.41. The van der Waals surface area contributed by atoms with E-state index in [1.165, 1.54) is 4.90 Å². The maximum atomic E-state index is 13.6. The Kier molecular flexibility index (Phi) is 2.64. The maximum Gasteiger partial charge on any atom is 0.154 e. The van der Waals surface area contributed by atoms with Crippen LogP contribution < -0.4 is 10.6 Å². The first-order chi connectivity index (χ1) is 6.37. The molecule has 0 radical (unpaired) electrons. The lowest BCUT2D eigenvalue weighted by Gasteiger charge is -2.19. The molecule has 0 heterocycles. The topological polar surface area (TPSA) is 29.3 Å². The standard InChI is InChI=1S/C10H14F2N2/c1-5-7(11)10(14(3)4)8(12)6(2)9(5)13/h13H2,1-4H3. The van der Waals surface area contributed by atoms with Crippen molar-refractivity contribution in [3.05, 3.63) is 22.8 Å². The summed E-state index contributed by atoms with van der Waals surface area (Å²) in [6, 6.07) is 0. The Labute approximate surface area is 82.3 Å². The average Bonchev–Trinajstić information content (AvgIpc) is 2.11. The largest absolute Gasteiger partial charge is 0.398 e. The van der Waals surface area contributed by atoms with Gasteiger partial charge >= 0.3 is 0 Å². The van der Waals surface area contributed by atoms with Crippen molar-refractivity contribution in [2.75, 3.05) is 24.7 Å². The Hall–Kier alpha value is -1.32. The molecule has 0 unspecified atom stereocenters. The van der Waals surface area contributed by atoms with E-state index in [9.17, 15) is 8.78 Å². The highest BCUT2D eigenvalue weighted by atomic mass is 19.1. The fourth-order valence-electron chi connectivity index (χ4n) is 1.36. The van der Waals surface area contributed by atoms with Gasteiger partial charge in [-0.3, -0.25) is 0 Å². The molecule has 0 saturated heterocycles. The lowest BCUT2D eigenvalue weighted by Crippen LogP contribution is -2.15. The van der Waals surface area contributed by atoms with Gasteiger partial charge < -0.3 is 10.6 Å². The van der Waals surface area contributed by atoms with Crippen LogP contribution in [0.25, 0.3) is 0 Å². The summed E-state index contributed by atoms with van der Waals surface area (Å²) in [5.74, 6) is -1.17. The monoisotopic (exact) mass is 200 g/mol. The van der Waals surface area contributed by atoms with Crippen molar-refractivity contribution in [3.8, 4) is 0 Å². The molecule has 4 heteroatoms. The number of rotatable bonds is 1. The number of hydrogen-bond acceptors (Lipinski definition) is 2. The van der Waals surface area contributed by atoms with Crippen LogP contribution >= 0.6 is 0 Å². The molecule has 0 fully saturated rings. The van der Waals surface area contributed by atoms with Gasteiger partial charge in [0.25, 0.3) is 0 Å². The minimum Gasteiger partial charge on any atom is -0.398 e. The van der Waals surface area contributed by atoms with E-state index in [1.54, 1.807) is 27.9 Å². The van der Waals surface area contributed by atoms with Gasteiger partial charge in [0.15, 0.2) is 11.6 Å². The van der Waals surface area contributed by atoms with Crippen molar-refractivity contribution in [2.24, 2.45) is 0 Å². The number of nitrogens with zero attached hydrogens (tertiary/aromatic N) is 1. The summed E-state index contributed by atoms with van der Waals surface area (Å²) < 4.78 is 27.2. The molecule has 0 amide bonds. The van der Waals surface area contributed by atoms with Crippen LogP contribution in [0.15, 0.2) is 0 Å². The van der Waals surface area contributed by atoms with Gasteiger partial charge in [-0.2, -0.15) is 0 Å². The number of benzene rings is 1. The molecule has 2 N–H and O–H groups in total. The third-order valence-corrected chi connectivity index (χ3v) is 2.33. The summed E-state index contributed by atoms with van der Waals surface area (Å²) in [6.07, 6.45) is 0. The van der Waals surface area contributed by atoms with Crippen LogP contribution in [0.2, 0.25) is 0 Å². The predicted molar refractivity (Wildman–Crippen MR) is 54.6 cm³/mol. The second-order valence-corrected chi connectivity index (χ2v) is 3.53. The molecule has 14 heavy (non-hydrogen) atoms. The zero-order valence-corrected chi connectivity index (χ0v) is 8.78. The molecule has 0 bridgehead atoms. The molecule has 0 spiro atoms. The molecule has 0 aliphatic rings. The van der Waals surface area contributed by atoms with Crippen LogP contribution in [0.4, 0.5) is 20.2 Å². The highest BCUT2D eigenvalue weighted by Gasteiger charge is 2.19. The quantitative estimate of drug-likeness (QED) is 0.704. The Morgan fingerprint density at radius 1 is 1.00 bits per heavy atom. The minimum absolute atomic E-state index is 0.0331. The molecule has 78 valence electrons. The number of anilines is 2. The Morgan fingerprint density at radius 2 is 1.36 bits per heavy atom. The van der Waals surface area contributed by atoms with Crippen molar-refractivity contribution in [3.63, 3.8) is 0 Å². The van der Waals surface area contributed by atoms with Crippen LogP contribution in [-0.4, -0.2) is 14.1 Å². The van der Waals surface area contributed by atoms with E-state index >= 15 is 0 Å². The summed E-state index contributed by atoms with van der Waals surface area (Å²) in [4.78, 5) is 1.41. The second-order valence-electron chi connectivity index (χ2n) is 3.53. The fourth-order valence-corrected chi connectivity index (χ4v) is 1.36. The molecule has 2 nitrogen and oxygen atoms in total. The highest BCUT2D eigenvalue weighted by Crippen LogP contribution is 2.31. The first-order valence-electron chi connectivity index (χ1n) is 4.28. The fraction of sp³-hybridized carbons (Fsp3) is 0.400. The van der Waals surface area contributed by atoms with Crippen LogP contribution in [0.1, 0.15) is 11.1 Å². The van der Waals surface area contributed by atoms with Gasteiger partial charge in [0, 0.05) is 30.9 Å². The van der Waals surface area contributed by atoms with Gasteiger partial charge in [0.05, 0.1) is 0 Å². The third-order valence-electron chi connectivity index (χ3n) is 2.33. The second kappa shape index (κ2) is 3.44. The number of nitrogen functional groups attached to an aromatic ring is 1. The SMILES string of the molecule is Cc1c(N)c(C)c(F)c(N(C)C)c1F. The number of nitrogens with two attached hydrogens (primary N) is 1. The molecular formula is C10H14F2N2. The van der Waals surface area contributed by atoms with E-state index in [4.69, 9.17) is 5.73 Å². The minimum atomic E-state index is -0.587. The van der Waals surface area contributed by atoms with E-state index in [2.05, 4.69) is 0 Å². The number of halogens is 2. The molecule has 1 aromatic carbocycles. The van der Waals surface area contributed by atoms with Gasteiger partial charge in [-0.25, -0.2) is 8.78 Å². The molecule has 1 aromatic rings. The Morgan fingerprint density at radius 3 is 1.64 bits per heavy atom. The van der Waals surface area contributed by atoms with Crippen molar-refractivity contribution >= 4 is 11.4 Å². The van der Waals surface area contributed by atoms with Gasteiger partial charge in [-0.1, -0.05) is 0 Å². The first kappa shape index (κ1) is 10.8. The zero-order valence-electron chi connectivity index (χ0n) is 8.78. The van der Waals surface area contributed by atoms with E-state index in [1.807, 2.05) is 0 Å². The van der Waals surface area contributed by atoms with E-state index in [-0.39, 0.29) is 11.4 Å². The lowest BCUT2D eigenvalue weighted by molar-refractivity contribution is 0.572. The summed E-state index contributed by atoms with van der Waals surface area (Å²) >= 11 is 0. The molecule has 0 aromatic heterocycles. The van der Waals surface area contributed by atoms with E-state index in [0.717, 1.165) is 0 Å². The molecular weight excluding hydrogens is 186 g/mol. The van der Waals surface area contributed by atoms with Gasteiger partial charge in [-0.15, -0.1) is 0 Å². The first-order valence-corrected chi connectivity index (χ1v) is 4.28. The van der Waals surface area contributed by atoms with E-state index in [0.29, 0.717) is 11.1 Å². The van der Waals surface area contributed by atoms with Crippen LogP contribution in [0, 0.1) is 25.5 Å². The molecule has 0 saturated carbocycles. The summed E-state index contributed by atoms with van der Waals surface area (Å²) in [7, 11) is 3.19.